The highest BCUT2D eigenvalue weighted by Crippen LogP contribution is 2.43. The molecule has 1 N–H and O–H groups in total. The van der Waals surface area contributed by atoms with Gasteiger partial charge in [-0.1, -0.05) is 59.6 Å². The fourth-order valence-corrected chi connectivity index (χ4v) is 6.99. The number of nitrogens with zero attached hydrogens (tertiary/aromatic N) is 5. The second-order valence-electron chi connectivity index (χ2n) is 12.1. The quantitative estimate of drug-likeness (QED) is 0.210. The summed E-state index contributed by atoms with van der Waals surface area (Å²) < 4.78 is 16.5. The molecule has 4 heterocycles. The Hall–Kier alpha value is -3.80. The number of hydrogen-bond donors (Lipinski definition) is 1. The van der Waals surface area contributed by atoms with Gasteiger partial charge in [-0.05, 0) is 31.9 Å². The second kappa shape index (κ2) is 13.7. The van der Waals surface area contributed by atoms with Crippen molar-refractivity contribution in [1.29, 1.82) is 0 Å². The van der Waals surface area contributed by atoms with E-state index in [1.54, 1.807) is 27.3 Å². The van der Waals surface area contributed by atoms with Crippen molar-refractivity contribution in [2.24, 2.45) is 0 Å². The molecule has 10 nitrogen and oxygen atoms in total. The summed E-state index contributed by atoms with van der Waals surface area (Å²) in [7, 11) is 3.18. The number of methoxy groups -OCH3 is 2. The fraction of sp³-hybridized carbons (Fsp3) is 0.371. The maximum atomic E-state index is 12.2. The third kappa shape index (κ3) is 6.93. The Kier molecular flexibility index (Phi) is 9.68. The standard InChI is InChI=1S/C35H37Cl2N5O5/c1-5-47-30(43)18-41-13-12-22-21(16-41)14-27(39-33(22)45-3)25-10-6-8-23(31(25)36)24-9-7-11-26(32(24)37)28-15-38-29(34(40-28)46-4)17-42-19-35(2,44)20-42/h6-11,14-15,44H,5,12-13,16-20H2,1-4H3. The van der Waals surface area contributed by atoms with E-state index in [1.807, 2.05) is 49.4 Å². The monoisotopic (exact) mass is 677 g/mol. The number of likely N-dealkylation sites (tertiary alicyclic amines) is 1. The van der Waals surface area contributed by atoms with Crippen LogP contribution < -0.4 is 9.47 Å². The maximum absolute atomic E-state index is 12.2. The van der Waals surface area contributed by atoms with Crippen LogP contribution in [-0.4, -0.2) is 88.4 Å². The van der Waals surface area contributed by atoms with Gasteiger partial charge in [0.2, 0.25) is 11.8 Å². The van der Waals surface area contributed by atoms with E-state index >= 15 is 0 Å². The molecule has 0 amide bonds. The average Bonchev–Trinajstić information content (AvgIpc) is 3.04. The molecule has 0 atom stereocenters. The van der Waals surface area contributed by atoms with E-state index in [9.17, 15) is 9.90 Å². The normalized spacial score (nSPS) is 15.9. The summed E-state index contributed by atoms with van der Waals surface area (Å²) in [6.07, 6.45) is 2.39. The van der Waals surface area contributed by atoms with Gasteiger partial charge in [0, 0.05) is 60.5 Å². The zero-order valence-corrected chi connectivity index (χ0v) is 28.4. The Morgan fingerprint density at radius 3 is 2.17 bits per heavy atom. The summed E-state index contributed by atoms with van der Waals surface area (Å²) >= 11 is 14.2. The summed E-state index contributed by atoms with van der Waals surface area (Å²) in [5.41, 5.74) is 6.16. The molecule has 0 bridgehead atoms. The molecule has 2 aromatic heterocycles. The Bertz CT molecular complexity index is 1810. The number of fused-ring (bicyclic) bond motifs is 1. The van der Waals surface area contributed by atoms with Crippen molar-refractivity contribution < 1.29 is 24.1 Å². The van der Waals surface area contributed by atoms with Gasteiger partial charge in [-0.15, -0.1) is 0 Å². The molecule has 1 saturated heterocycles. The van der Waals surface area contributed by atoms with Gasteiger partial charge in [0.1, 0.15) is 5.69 Å². The highest BCUT2D eigenvalue weighted by atomic mass is 35.5. The number of pyridine rings is 1. The van der Waals surface area contributed by atoms with Gasteiger partial charge in [-0.2, -0.15) is 0 Å². The molecule has 0 aliphatic carbocycles. The van der Waals surface area contributed by atoms with E-state index in [4.69, 9.17) is 47.4 Å². The largest absolute Gasteiger partial charge is 0.481 e. The summed E-state index contributed by atoms with van der Waals surface area (Å²) in [5, 5.41) is 11.1. The van der Waals surface area contributed by atoms with Crippen molar-refractivity contribution in [3.63, 3.8) is 0 Å². The van der Waals surface area contributed by atoms with Gasteiger partial charge in [0.05, 0.1) is 60.6 Å². The first-order valence-electron chi connectivity index (χ1n) is 15.5. The van der Waals surface area contributed by atoms with E-state index in [1.165, 1.54) is 0 Å². The fourth-order valence-electron chi connectivity index (χ4n) is 6.34. The first-order valence-corrected chi connectivity index (χ1v) is 16.2. The third-order valence-electron chi connectivity index (χ3n) is 8.45. The van der Waals surface area contributed by atoms with E-state index in [2.05, 4.69) is 14.8 Å². The summed E-state index contributed by atoms with van der Waals surface area (Å²) in [4.78, 5) is 30.5. The Morgan fingerprint density at radius 2 is 1.55 bits per heavy atom. The lowest BCUT2D eigenvalue weighted by Gasteiger charge is -2.44. The van der Waals surface area contributed by atoms with Crippen LogP contribution in [-0.2, 0) is 29.0 Å². The van der Waals surface area contributed by atoms with Crippen molar-refractivity contribution >= 4 is 29.2 Å². The highest BCUT2D eigenvalue weighted by molar-refractivity contribution is 6.39. The van der Waals surface area contributed by atoms with Crippen molar-refractivity contribution in [2.75, 3.05) is 47.0 Å². The van der Waals surface area contributed by atoms with Crippen molar-refractivity contribution in [2.45, 2.75) is 39.0 Å². The number of aliphatic hydroxyl groups is 1. The number of benzene rings is 2. The predicted octanol–water partition coefficient (Wildman–Crippen LogP) is 5.68. The van der Waals surface area contributed by atoms with Crippen LogP contribution >= 0.6 is 23.2 Å². The van der Waals surface area contributed by atoms with Crippen molar-refractivity contribution in [1.82, 2.24) is 24.8 Å². The number of halogens is 2. The Balaban J connectivity index is 1.31. The number of aromatic nitrogens is 3. The lowest BCUT2D eigenvalue weighted by atomic mass is 9.96. The molecule has 1 fully saturated rings. The zero-order valence-electron chi connectivity index (χ0n) is 26.8. The molecule has 0 saturated carbocycles. The minimum Gasteiger partial charge on any atom is -0.481 e. The molecule has 2 aliphatic heterocycles. The highest BCUT2D eigenvalue weighted by Gasteiger charge is 2.37. The molecule has 246 valence electrons. The second-order valence-corrected chi connectivity index (χ2v) is 12.9. The summed E-state index contributed by atoms with van der Waals surface area (Å²) in [5.74, 6) is 0.711. The average molecular weight is 679 g/mol. The molecule has 0 spiro atoms. The maximum Gasteiger partial charge on any atom is 0.320 e. The molecule has 12 heteroatoms. The van der Waals surface area contributed by atoms with Crippen LogP contribution in [0.15, 0.2) is 48.7 Å². The molecule has 6 rings (SSSR count). The molecule has 2 aliphatic rings. The van der Waals surface area contributed by atoms with Gasteiger partial charge < -0.3 is 19.3 Å². The lowest BCUT2D eigenvalue weighted by Crippen LogP contribution is -2.59. The first-order chi connectivity index (χ1) is 22.6. The van der Waals surface area contributed by atoms with Crippen LogP contribution in [0.25, 0.3) is 33.6 Å². The minimum atomic E-state index is -0.679. The number of carbonyl (C=O) groups is 1. The van der Waals surface area contributed by atoms with Gasteiger partial charge in [0.15, 0.2) is 0 Å². The molecule has 47 heavy (non-hydrogen) atoms. The van der Waals surface area contributed by atoms with E-state index < -0.39 is 5.60 Å². The SMILES string of the molecule is CCOC(=O)CN1CCc2c(cc(-c3cccc(-c4cccc(-c5cnc(CN6CC(C)(O)C6)c(OC)n5)c4Cl)c3Cl)nc2OC)C1. The van der Waals surface area contributed by atoms with Gasteiger partial charge in [-0.25, -0.2) is 9.97 Å². The van der Waals surface area contributed by atoms with Gasteiger partial charge >= 0.3 is 5.97 Å². The number of ether oxygens (including phenoxy) is 3. The van der Waals surface area contributed by atoms with E-state index in [0.717, 1.165) is 27.8 Å². The Labute approximate surface area is 284 Å². The van der Waals surface area contributed by atoms with Gasteiger partial charge in [0.25, 0.3) is 0 Å². The van der Waals surface area contributed by atoms with Crippen molar-refractivity contribution in [3.8, 4) is 45.4 Å². The number of carbonyl (C=O) groups excluding carboxylic acids is 1. The van der Waals surface area contributed by atoms with Crippen molar-refractivity contribution in [3.05, 3.63) is 75.5 Å². The predicted molar refractivity (Wildman–Crippen MR) is 181 cm³/mol. The molecule has 0 radical (unpaired) electrons. The number of esters is 1. The lowest BCUT2D eigenvalue weighted by molar-refractivity contribution is -0.144. The third-order valence-corrected chi connectivity index (χ3v) is 9.26. The molecule has 0 unspecified atom stereocenters. The van der Waals surface area contributed by atoms with Gasteiger partial charge in [-0.3, -0.25) is 19.6 Å². The molecular formula is C35H37Cl2N5O5. The Morgan fingerprint density at radius 1 is 0.936 bits per heavy atom. The van der Waals surface area contributed by atoms with Crippen LogP contribution in [0.1, 0.15) is 30.7 Å². The smallest absolute Gasteiger partial charge is 0.320 e. The number of hydrogen-bond acceptors (Lipinski definition) is 10. The zero-order chi connectivity index (χ0) is 33.3. The summed E-state index contributed by atoms with van der Waals surface area (Å²) in [6, 6.07) is 13.5. The molecule has 2 aromatic carbocycles. The summed E-state index contributed by atoms with van der Waals surface area (Å²) in [6.45, 7) is 7.11. The van der Waals surface area contributed by atoms with Crippen LogP contribution in [0, 0.1) is 0 Å². The van der Waals surface area contributed by atoms with Crippen LogP contribution in [0.5, 0.6) is 11.8 Å². The van der Waals surface area contributed by atoms with Crippen LogP contribution in [0.3, 0.4) is 0 Å². The minimum absolute atomic E-state index is 0.221. The molecular weight excluding hydrogens is 641 g/mol. The number of rotatable bonds is 10. The number of β-amino-alcohol motifs (C(OH)–C–C–N with tert-alkyl or cyclic N) is 1. The van der Waals surface area contributed by atoms with E-state index in [-0.39, 0.29) is 12.5 Å². The van der Waals surface area contributed by atoms with E-state index in [0.29, 0.717) is 90.2 Å². The topological polar surface area (TPSA) is 110 Å². The first kappa shape index (κ1) is 33.1. The van der Waals surface area contributed by atoms with Crippen LogP contribution in [0.4, 0.5) is 0 Å². The molecule has 4 aromatic rings. The van der Waals surface area contributed by atoms with Crippen LogP contribution in [0.2, 0.25) is 10.0 Å².